The fourth-order valence-electron chi connectivity index (χ4n) is 2.20. The third kappa shape index (κ3) is 2.70. The average molecular weight is 347 g/mol. The van der Waals surface area contributed by atoms with Gasteiger partial charge in [0.1, 0.15) is 0 Å². The Hall–Kier alpha value is -2.12. The van der Waals surface area contributed by atoms with E-state index in [-0.39, 0.29) is 0 Å². The first kappa shape index (κ1) is 13.8. The van der Waals surface area contributed by atoms with Crippen LogP contribution >= 0.6 is 15.9 Å². The van der Waals surface area contributed by atoms with Crippen LogP contribution in [0.25, 0.3) is 5.65 Å². The van der Waals surface area contributed by atoms with Crippen molar-refractivity contribution in [3.63, 3.8) is 0 Å². The van der Waals surface area contributed by atoms with E-state index in [1.165, 1.54) is 5.56 Å². The SMILES string of the molecule is CN(Cc1ccccc1Br)c1nc(NN)cn2ccnc12. The highest BCUT2D eigenvalue weighted by Crippen LogP contribution is 2.23. The van der Waals surface area contributed by atoms with E-state index < -0.39 is 0 Å². The zero-order chi connectivity index (χ0) is 14.8. The van der Waals surface area contributed by atoms with Crippen molar-refractivity contribution in [3.8, 4) is 0 Å². The van der Waals surface area contributed by atoms with Gasteiger partial charge in [-0.1, -0.05) is 34.1 Å². The molecule has 0 atom stereocenters. The second-order valence-corrected chi connectivity index (χ2v) is 5.55. The highest BCUT2D eigenvalue weighted by Gasteiger charge is 2.13. The van der Waals surface area contributed by atoms with Crippen molar-refractivity contribution >= 4 is 33.2 Å². The number of nitrogens with two attached hydrogens (primary N) is 1. The van der Waals surface area contributed by atoms with Crippen LogP contribution in [0.1, 0.15) is 5.56 Å². The highest BCUT2D eigenvalue weighted by atomic mass is 79.9. The molecule has 3 aromatic rings. The second kappa shape index (κ2) is 5.71. The van der Waals surface area contributed by atoms with Crippen LogP contribution in [0.2, 0.25) is 0 Å². The minimum atomic E-state index is 0.592. The van der Waals surface area contributed by atoms with Gasteiger partial charge in [-0.15, -0.1) is 0 Å². The van der Waals surface area contributed by atoms with Crippen molar-refractivity contribution in [2.75, 3.05) is 17.4 Å². The van der Waals surface area contributed by atoms with E-state index in [1.54, 1.807) is 12.4 Å². The third-order valence-corrected chi connectivity index (χ3v) is 4.00. The van der Waals surface area contributed by atoms with E-state index in [0.717, 1.165) is 15.9 Å². The van der Waals surface area contributed by atoms with Gasteiger partial charge in [0, 0.05) is 30.5 Å². The van der Waals surface area contributed by atoms with Crippen molar-refractivity contribution in [2.24, 2.45) is 5.84 Å². The van der Waals surface area contributed by atoms with Gasteiger partial charge in [-0.25, -0.2) is 15.8 Å². The fraction of sp³-hybridized carbons (Fsp3) is 0.143. The molecule has 3 rings (SSSR count). The molecule has 0 aliphatic heterocycles. The van der Waals surface area contributed by atoms with Crippen LogP contribution in [-0.2, 0) is 6.54 Å². The van der Waals surface area contributed by atoms with E-state index in [4.69, 9.17) is 5.84 Å². The summed E-state index contributed by atoms with van der Waals surface area (Å²) < 4.78 is 2.97. The zero-order valence-electron chi connectivity index (χ0n) is 11.5. The molecule has 0 spiro atoms. The summed E-state index contributed by atoms with van der Waals surface area (Å²) in [5.41, 5.74) is 4.56. The fourth-order valence-corrected chi connectivity index (χ4v) is 2.61. The monoisotopic (exact) mass is 346 g/mol. The molecule has 0 bridgehead atoms. The van der Waals surface area contributed by atoms with Gasteiger partial charge in [-0.05, 0) is 11.6 Å². The normalized spacial score (nSPS) is 10.8. The predicted molar refractivity (Wildman–Crippen MR) is 87.0 cm³/mol. The number of nitrogens with zero attached hydrogens (tertiary/aromatic N) is 4. The van der Waals surface area contributed by atoms with E-state index in [1.807, 2.05) is 40.7 Å². The Morgan fingerprint density at radius 1 is 1.38 bits per heavy atom. The number of anilines is 2. The van der Waals surface area contributed by atoms with Crippen LogP contribution in [0.15, 0.2) is 47.3 Å². The van der Waals surface area contributed by atoms with Crippen molar-refractivity contribution in [1.82, 2.24) is 14.4 Å². The van der Waals surface area contributed by atoms with E-state index in [0.29, 0.717) is 12.4 Å². The van der Waals surface area contributed by atoms with Crippen LogP contribution < -0.4 is 16.2 Å². The maximum absolute atomic E-state index is 5.48. The van der Waals surface area contributed by atoms with E-state index in [2.05, 4.69) is 37.4 Å². The Labute approximate surface area is 130 Å². The molecule has 7 heteroatoms. The molecule has 0 fully saturated rings. The minimum absolute atomic E-state index is 0.592. The molecule has 108 valence electrons. The molecule has 2 heterocycles. The zero-order valence-corrected chi connectivity index (χ0v) is 13.1. The number of imidazole rings is 1. The molecule has 3 N–H and O–H groups in total. The van der Waals surface area contributed by atoms with Gasteiger partial charge >= 0.3 is 0 Å². The molecule has 0 saturated heterocycles. The molecule has 0 unspecified atom stereocenters. The number of hydrogen-bond acceptors (Lipinski definition) is 5. The number of nitrogens with one attached hydrogen (secondary N) is 1. The van der Waals surface area contributed by atoms with Crippen LogP contribution in [0.3, 0.4) is 0 Å². The van der Waals surface area contributed by atoms with Crippen LogP contribution in [-0.4, -0.2) is 21.4 Å². The maximum Gasteiger partial charge on any atom is 0.180 e. The van der Waals surface area contributed by atoms with Gasteiger partial charge in [-0.3, -0.25) is 0 Å². The summed E-state index contributed by atoms with van der Waals surface area (Å²) in [4.78, 5) is 10.9. The predicted octanol–water partition coefficient (Wildman–Crippen LogP) is 2.41. The topological polar surface area (TPSA) is 71.5 Å². The average Bonchev–Trinajstić information content (AvgIpc) is 2.96. The van der Waals surface area contributed by atoms with Crippen LogP contribution in [0.5, 0.6) is 0 Å². The number of hydrazine groups is 1. The van der Waals surface area contributed by atoms with Crippen molar-refractivity contribution in [1.29, 1.82) is 0 Å². The van der Waals surface area contributed by atoms with Crippen LogP contribution in [0.4, 0.5) is 11.6 Å². The number of aromatic nitrogens is 3. The lowest BCUT2D eigenvalue weighted by Gasteiger charge is -2.20. The highest BCUT2D eigenvalue weighted by molar-refractivity contribution is 9.10. The van der Waals surface area contributed by atoms with Gasteiger partial charge in [0.15, 0.2) is 17.3 Å². The van der Waals surface area contributed by atoms with E-state index in [9.17, 15) is 0 Å². The molecular formula is C14H15BrN6. The summed E-state index contributed by atoms with van der Waals surface area (Å²) in [5.74, 6) is 6.84. The molecule has 0 saturated carbocycles. The summed E-state index contributed by atoms with van der Waals surface area (Å²) in [5, 5.41) is 0. The molecule has 0 aliphatic carbocycles. The minimum Gasteiger partial charge on any atom is -0.352 e. The molecule has 0 radical (unpaired) electrons. The van der Waals surface area contributed by atoms with Crippen molar-refractivity contribution in [2.45, 2.75) is 6.54 Å². The maximum atomic E-state index is 5.48. The first-order valence-electron chi connectivity index (χ1n) is 6.44. The molecule has 0 aliphatic rings. The Balaban J connectivity index is 1.99. The number of halogens is 1. The Morgan fingerprint density at radius 2 is 2.19 bits per heavy atom. The molecule has 21 heavy (non-hydrogen) atoms. The van der Waals surface area contributed by atoms with Crippen molar-refractivity contribution in [3.05, 3.63) is 52.9 Å². The third-order valence-electron chi connectivity index (χ3n) is 3.23. The van der Waals surface area contributed by atoms with Gasteiger partial charge in [0.05, 0.1) is 6.20 Å². The summed E-state index contributed by atoms with van der Waals surface area (Å²) in [6.45, 7) is 0.713. The summed E-state index contributed by atoms with van der Waals surface area (Å²) in [6, 6.07) is 8.12. The van der Waals surface area contributed by atoms with Gasteiger partial charge < -0.3 is 14.7 Å². The number of rotatable bonds is 4. The summed E-state index contributed by atoms with van der Waals surface area (Å²) in [7, 11) is 1.98. The first-order chi connectivity index (χ1) is 10.2. The quantitative estimate of drug-likeness (QED) is 0.560. The van der Waals surface area contributed by atoms with Crippen LogP contribution in [0, 0.1) is 0 Å². The van der Waals surface area contributed by atoms with Gasteiger partial charge in [0.2, 0.25) is 0 Å². The lowest BCUT2D eigenvalue weighted by molar-refractivity contribution is 0.888. The number of fused-ring (bicyclic) bond motifs is 1. The molecule has 1 aromatic carbocycles. The second-order valence-electron chi connectivity index (χ2n) is 4.70. The van der Waals surface area contributed by atoms with E-state index >= 15 is 0 Å². The summed E-state index contributed by atoms with van der Waals surface area (Å²) >= 11 is 3.57. The number of hydrogen-bond donors (Lipinski definition) is 2. The lowest BCUT2D eigenvalue weighted by Crippen LogP contribution is -2.20. The summed E-state index contributed by atoms with van der Waals surface area (Å²) in [6.07, 6.45) is 5.42. The molecule has 2 aromatic heterocycles. The standard InChI is InChI=1S/C14H15BrN6/c1-20(8-10-4-2-3-5-11(10)15)14-13-17-6-7-21(13)9-12(18-14)19-16/h2-7,9,19H,8,16H2,1H3. The number of nitrogen functional groups attached to an aromatic ring is 1. The number of benzene rings is 1. The lowest BCUT2D eigenvalue weighted by atomic mass is 10.2. The smallest absolute Gasteiger partial charge is 0.180 e. The van der Waals surface area contributed by atoms with Crippen molar-refractivity contribution < 1.29 is 0 Å². The molecular weight excluding hydrogens is 332 g/mol. The van der Waals surface area contributed by atoms with Gasteiger partial charge in [-0.2, -0.15) is 0 Å². The Bertz CT molecular complexity index is 769. The van der Waals surface area contributed by atoms with Gasteiger partial charge in [0.25, 0.3) is 0 Å². The Kier molecular flexibility index (Phi) is 3.76. The Morgan fingerprint density at radius 3 is 2.95 bits per heavy atom. The molecule has 6 nitrogen and oxygen atoms in total. The first-order valence-corrected chi connectivity index (χ1v) is 7.23. The molecule has 0 amide bonds. The largest absolute Gasteiger partial charge is 0.352 e.